The average molecular weight is 411 g/mol. The van der Waals surface area contributed by atoms with E-state index in [0.717, 1.165) is 24.2 Å². The molecule has 3 N–H and O–H groups in total. The molecule has 0 spiro atoms. The highest BCUT2D eigenvalue weighted by molar-refractivity contribution is 5.85. The molecule has 158 valence electrons. The van der Waals surface area contributed by atoms with E-state index >= 15 is 0 Å². The first-order chi connectivity index (χ1) is 14.6. The van der Waals surface area contributed by atoms with Crippen molar-refractivity contribution in [2.45, 2.75) is 38.3 Å². The number of nitrogens with zero attached hydrogens (tertiary/aromatic N) is 2. The number of nitro groups is 1. The molecule has 1 heterocycles. The third kappa shape index (κ3) is 5.85. The van der Waals surface area contributed by atoms with E-state index in [0.29, 0.717) is 18.6 Å². The van der Waals surface area contributed by atoms with Gasteiger partial charge >= 0.3 is 0 Å². The van der Waals surface area contributed by atoms with Crippen LogP contribution in [0.25, 0.3) is 0 Å². The summed E-state index contributed by atoms with van der Waals surface area (Å²) < 4.78 is 5.67. The molecular weight excluding hydrogens is 386 g/mol. The number of nitro benzene ring substituents is 1. The number of amides is 1. The highest BCUT2D eigenvalue weighted by Gasteiger charge is 2.30. The molecule has 0 aromatic heterocycles. The number of hydrazone groups is 1. The monoisotopic (exact) mass is 411 g/mol. The number of hydrazine groups is 1. The first kappa shape index (κ1) is 21.4. The van der Waals surface area contributed by atoms with Gasteiger partial charge in [0.1, 0.15) is 11.8 Å². The minimum absolute atomic E-state index is 0.00815. The van der Waals surface area contributed by atoms with Crippen LogP contribution in [-0.4, -0.2) is 29.7 Å². The molecule has 1 fully saturated rings. The number of benzene rings is 2. The molecule has 9 heteroatoms. The van der Waals surface area contributed by atoms with Gasteiger partial charge in [-0.3, -0.25) is 14.9 Å². The largest absolute Gasteiger partial charge is 0.494 e. The van der Waals surface area contributed by atoms with Crippen LogP contribution in [0.4, 0.5) is 5.69 Å². The number of hydrogen-bond acceptors (Lipinski definition) is 7. The van der Waals surface area contributed by atoms with Crippen molar-refractivity contribution >= 4 is 17.8 Å². The van der Waals surface area contributed by atoms with Crippen molar-refractivity contribution in [3.8, 4) is 5.75 Å². The van der Waals surface area contributed by atoms with Crippen LogP contribution in [-0.2, 0) is 4.79 Å². The average Bonchev–Trinajstić information content (AvgIpc) is 3.25. The van der Waals surface area contributed by atoms with Crippen LogP contribution in [0.3, 0.4) is 0 Å². The van der Waals surface area contributed by atoms with Crippen molar-refractivity contribution in [2.24, 2.45) is 5.10 Å². The minimum atomic E-state index is -0.478. The van der Waals surface area contributed by atoms with Gasteiger partial charge in [-0.2, -0.15) is 5.10 Å². The Morgan fingerprint density at radius 1 is 1.30 bits per heavy atom. The summed E-state index contributed by atoms with van der Waals surface area (Å²) in [5.74, 6) is 0.550. The number of hydrogen-bond donors (Lipinski definition) is 3. The fourth-order valence-electron chi connectivity index (χ4n) is 3.04. The maximum absolute atomic E-state index is 12.3. The molecule has 2 aromatic carbocycles. The fraction of sp³-hybridized carbons (Fsp3) is 0.333. The van der Waals surface area contributed by atoms with E-state index in [2.05, 4.69) is 28.3 Å². The summed E-state index contributed by atoms with van der Waals surface area (Å²) in [4.78, 5) is 22.7. The van der Waals surface area contributed by atoms with Gasteiger partial charge in [-0.25, -0.2) is 16.3 Å². The number of carbonyl (C=O) groups excluding carboxylic acids is 1. The second-order valence-corrected chi connectivity index (χ2v) is 6.99. The van der Waals surface area contributed by atoms with Crippen molar-refractivity contribution in [2.75, 3.05) is 6.61 Å². The zero-order valence-electron chi connectivity index (χ0n) is 16.7. The molecule has 0 radical (unpaired) electrons. The fourth-order valence-corrected chi connectivity index (χ4v) is 3.04. The van der Waals surface area contributed by atoms with Crippen molar-refractivity contribution in [3.63, 3.8) is 0 Å². The lowest BCUT2D eigenvalue weighted by Crippen LogP contribution is -2.41. The van der Waals surface area contributed by atoms with Gasteiger partial charge in [0.25, 0.3) is 11.6 Å². The molecule has 3 rings (SSSR count). The quantitative estimate of drug-likeness (QED) is 0.253. The van der Waals surface area contributed by atoms with E-state index in [9.17, 15) is 14.9 Å². The van der Waals surface area contributed by atoms with E-state index in [1.807, 2.05) is 24.3 Å². The molecule has 1 aliphatic rings. The first-order valence-corrected chi connectivity index (χ1v) is 9.88. The molecule has 2 aromatic rings. The van der Waals surface area contributed by atoms with Gasteiger partial charge in [0, 0.05) is 23.7 Å². The molecule has 2 atom stereocenters. The van der Waals surface area contributed by atoms with Gasteiger partial charge in [-0.1, -0.05) is 37.6 Å². The lowest BCUT2D eigenvalue weighted by molar-refractivity contribution is -0.384. The van der Waals surface area contributed by atoms with Crippen molar-refractivity contribution < 1.29 is 14.5 Å². The van der Waals surface area contributed by atoms with Crippen LogP contribution in [0.1, 0.15) is 43.4 Å². The molecule has 0 bridgehead atoms. The summed E-state index contributed by atoms with van der Waals surface area (Å²) in [5.41, 5.74) is 10.1. The smallest absolute Gasteiger partial charge is 0.270 e. The SMILES string of the molecule is CCCCOc1ccc(C2CC(C(=O)N/N=C/c3cccc([N+](=O)[O-])c3)NN2)cc1. The Morgan fingerprint density at radius 3 is 2.83 bits per heavy atom. The van der Waals surface area contributed by atoms with Crippen LogP contribution in [0, 0.1) is 10.1 Å². The molecule has 30 heavy (non-hydrogen) atoms. The summed E-state index contributed by atoms with van der Waals surface area (Å²) in [6.45, 7) is 2.83. The van der Waals surface area contributed by atoms with E-state index in [-0.39, 0.29) is 17.6 Å². The topological polar surface area (TPSA) is 118 Å². The maximum atomic E-state index is 12.3. The summed E-state index contributed by atoms with van der Waals surface area (Å²) in [7, 11) is 0. The molecule has 2 unspecified atom stereocenters. The molecule has 0 aliphatic carbocycles. The van der Waals surface area contributed by atoms with Gasteiger partial charge < -0.3 is 4.74 Å². The van der Waals surface area contributed by atoms with Gasteiger partial charge in [-0.05, 0) is 30.5 Å². The minimum Gasteiger partial charge on any atom is -0.494 e. The molecule has 0 saturated carbocycles. The Labute approximate surface area is 174 Å². The van der Waals surface area contributed by atoms with Crippen LogP contribution in [0.5, 0.6) is 5.75 Å². The van der Waals surface area contributed by atoms with Crippen LogP contribution in [0.15, 0.2) is 53.6 Å². The molecular formula is C21H25N5O4. The van der Waals surface area contributed by atoms with E-state index < -0.39 is 11.0 Å². The molecule has 9 nitrogen and oxygen atoms in total. The first-order valence-electron chi connectivity index (χ1n) is 9.88. The molecule has 1 amide bonds. The Kier molecular flexibility index (Phi) is 7.47. The highest BCUT2D eigenvalue weighted by Crippen LogP contribution is 2.24. The van der Waals surface area contributed by atoms with Crippen LogP contribution < -0.4 is 21.0 Å². The van der Waals surface area contributed by atoms with Gasteiger partial charge in [0.15, 0.2) is 0 Å². The number of nitrogens with one attached hydrogen (secondary N) is 3. The molecule has 1 saturated heterocycles. The Hall–Kier alpha value is -3.30. The number of rotatable bonds is 9. The predicted octanol–water partition coefficient (Wildman–Crippen LogP) is 2.83. The lowest BCUT2D eigenvalue weighted by atomic mass is 10.0. The third-order valence-electron chi connectivity index (χ3n) is 4.74. The Bertz CT molecular complexity index is 901. The van der Waals surface area contributed by atoms with E-state index in [4.69, 9.17) is 4.74 Å². The summed E-state index contributed by atoms with van der Waals surface area (Å²) in [6, 6.07) is 13.4. The summed E-state index contributed by atoms with van der Waals surface area (Å²) in [5, 5.41) is 14.7. The normalized spacial score (nSPS) is 18.4. The standard InChI is InChI=1S/C21H25N5O4/c1-2-3-11-30-18-9-7-16(8-10-18)19-13-20(24-23-19)21(27)25-22-14-15-5-4-6-17(12-15)26(28)29/h4-10,12,14,19-20,23-24H,2-3,11,13H2,1H3,(H,25,27)/b22-14+. The highest BCUT2D eigenvalue weighted by atomic mass is 16.6. The van der Waals surface area contributed by atoms with Crippen molar-refractivity contribution in [1.29, 1.82) is 0 Å². The number of carbonyl (C=O) groups is 1. The van der Waals surface area contributed by atoms with Gasteiger partial charge in [-0.15, -0.1) is 0 Å². The second-order valence-electron chi connectivity index (χ2n) is 6.99. The predicted molar refractivity (Wildman–Crippen MR) is 113 cm³/mol. The van der Waals surface area contributed by atoms with Gasteiger partial charge in [0.2, 0.25) is 0 Å². The van der Waals surface area contributed by atoms with E-state index in [1.54, 1.807) is 12.1 Å². The third-order valence-corrected chi connectivity index (χ3v) is 4.74. The van der Waals surface area contributed by atoms with Crippen molar-refractivity contribution in [3.05, 3.63) is 69.8 Å². The molecule has 1 aliphatic heterocycles. The maximum Gasteiger partial charge on any atom is 0.270 e. The van der Waals surface area contributed by atoms with Crippen LogP contribution in [0.2, 0.25) is 0 Å². The zero-order chi connectivity index (χ0) is 21.3. The summed E-state index contributed by atoms with van der Waals surface area (Å²) >= 11 is 0. The lowest BCUT2D eigenvalue weighted by Gasteiger charge is -2.11. The summed E-state index contributed by atoms with van der Waals surface area (Å²) in [6.07, 6.45) is 4.06. The number of ether oxygens (including phenoxy) is 1. The Balaban J connectivity index is 1.49. The Morgan fingerprint density at radius 2 is 2.10 bits per heavy atom. The van der Waals surface area contributed by atoms with E-state index in [1.165, 1.54) is 18.3 Å². The van der Waals surface area contributed by atoms with Gasteiger partial charge in [0.05, 0.1) is 17.7 Å². The second kappa shape index (κ2) is 10.5. The number of non-ortho nitro benzene ring substituents is 1. The number of unbranched alkanes of at least 4 members (excludes halogenated alkanes) is 1. The van der Waals surface area contributed by atoms with Crippen molar-refractivity contribution in [1.82, 2.24) is 16.3 Å². The van der Waals surface area contributed by atoms with Crippen LogP contribution >= 0.6 is 0 Å². The zero-order valence-corrected chi connectivity index (χ0v) is 16.7.